The molecular formula is C14H20N4O2. The molecule has 0 spiro atoms. The van der Waals surface area contributed by atoms with Crippen LogP contribution >= 0.6 is 0 Å². The lowest BCUT2D eigenvalue weighted by atomic mass is 9.88. The summed E-state index contributed by atoms with van der Waals surface area (Å²) in [6, 6.07) is 3.70. The molecule has 6 heteroatoms. The number of rotatable bonds is 3. The average molecular weight is 276 g/mol. The van der Waals surface area contributed by atoms with Gasteiger partial charge in [0.2, 0.25) is 0 Å². The molecule has 1 atom stereocenters. The minimum absolute atomic E-state index is 0.120. The molecular weight excluding hydrogens is 256 g/mol. The second kappa shape index (κ2) is 5.75. The Morgan fingerprint density at radius 3 is 2.80 bits per heavy atom. The van der Waals surface area contributed by atoms with Gasteiger partial charge in [0.25, 0.3) is 5.69 Å². The molecule has 0 aromatic carbocycles. The molecule has 6 nitrogen and oxygen atoms in total. The standard InChI is InChI=1S/C14H20N4O2/c19-18(20)12-3-7-16-14(10-12)17-8-4-11(5-9-17)13-2-1-6-15-13/h3,7,10-11,13,15H,1-2,4-6,8-9H2. The Kier molecular flexibility index (Phi) is 3.82. The number of hydrogen-bond acceptors (Lipinski definition) is 5. The van der Waals surface area contributed by atoms with E-state index in [1.807, 2.05) is 0 Å². The van der Waals surface area contributed by atoms with Crippen molar-refractivity contribution in [3.05, 3.63) is 28.4 Å². The highest BCUT2D eigenvalue weighted by Crippen LogP contribution is 2.28. The van der Waals surface area contributed by atoms with E-state index in [1.54, 1.807) is 6.07 Å². The van der Waals surface area contributed by atoms with Crippen LogP contribution in [-0.4, -0.2) is 35.6 Å². The monoisotopic (exact) mass is 276 g/mol. The lowest BCUT2D eigenvalue weighted by molar-refractivity contribution is -0.384. The third kappa shape index (κ3) is 2.75. The van der Waals surface area contributed by atoms with E-state index < -0.39 is 0 Å². The van der Waals surface area contributed by atoms with Crippen LogP contribution in [0.5, 0.6) is 0 Å². The first-order valence-corrected chi connectivity index (χ1v) is 7.33. The first kappa shape index (κ1) is 13.3. The van der Waals surface area contributed by atoms with Crippen molar-refractivity contribution in [3.63, 3.8) is 0 Å². The number of nitrogens with one attached hydrogen (secondary N) is 1. The van der Waals surface area contributed by atoms with Crippen molar-refractivity contribution in [2.24, 2.45) is 5.92 Å². The van der Waals surface area contributed by atoms with Gasteiger partial charge in [-0.15, -0.1) is 0 Å². The number of nitro groups is 1. The molecule has 0 amide bonds. The quantitative estimate of drug-likeness (QED) is 0.675. The van der Waals surface area contributed by atoms with E-state index in [0.717, 1.165) is 44.2 Å². The fraction of sp³-hybridized carbons (Fsp3) is 0.643. The summed E-state index contributed by atoms with van der Waals surface area (Å²) in [6.45, 7) is 3.03. The van der Waals surface area contributed by atoms with Gasteiger partial charge in [0.05, 0.1) is 11.0 Å². The SMILES string of the molecule is O=[N+]([O-])c1ccnc(N2CCC(C3CCCN3)CC2)c1. The van der Waals surface area contributed by atoms with Gasteiger partial charge in [-0.1, -0.05) is 0 Å². The fourth-order valence-electron chi connectivity index (χ4n) is 3.34. The van der Waals surface area contributed by atoms with Crippen LogP contribution in [0.4, 0.5) is 11.5 Å². The van der Waals surface area contributed by atoms with Gasteiger partial charge in [-0.3, -0.25) is 10.1 Å². The minimum Gasteiger partial charge on any atom is -0.356 e. The van der Waals surface area contributed by atoms with Crippen molar-refractivity contribution < 1.29 is 4.92 Å². The number of pyridine rings is 1. The maximum Gasteiger partial charge on any atom is 0.274 e. The molecule has 1 unspecified atom stereocenters. The Hall–Kier alpha value is -1.69. The van der Waals surface area contributed by atoms with Crippen molar-refractivity contribution in [3.8, 4) is 0 Å². The molecule has 2 aliphatic heterocycles. The van der Waals surface area contributed by atoms with Crippen molar-refractivity contribution in [1.29, 1.82) is 0 Å². The summed E-state index contributed by atoms with van der Waals surface area (Å²) in [5.74, 6) is 1.48. The van der Waals surface area contributed by atoms with Crippen LogP contribution in [0, 0.1) is 16.0 Å². The topological polar surface area (TPSA) is 71.3 Å². The molecule has 0 radical (unpaired) electrons. The highest BCUT2D eigenvalue weighted by atomic mass is 16.6. The first-order chi connectivity index (χ1) is 9.74. The van der Waals surface area contributed by atoms with Crippen molar-refractivity contribution in [1.82, 2.24) is 10.3 Å². The van der Waals surface area contributed by atoms with Gasteiger partial charge < -0.3 is 10.2 Å². The van der Waals surface area contributed by atoms with E-state index in [9.17, 15) is 10.1 Å². The van der Waals surface area contributed by atoms with E-state index in [1.165, 1.54) is 25.1 Å². The van der Waals surface area contributed by atoms with Crippen LogP contribution in [0.1, 0.15) is 25.7 Å². The lowest BCUT2D eigenvalue weighted by Gasteiger charge is -2.35. The van der Waals surface area contributed by atoms with Crippen LogP contribution < -0.4 is 10.2 Å². The number of hydrogen-bond donors (Lipinski definition) is 1. The first-order valence-electron chi connectivity index (χ1n) is 7.33. The smallest absolute Gasteiger partial charge is 0.274 e. The minimum atomic E-state index is -0.361. The Morgan fingerprint density at radius 1 is 1.35 bits per heavy atom. The Bertz CT molecular complexity index is 480. The maximum absolute atomic E-state index is 10.8. The van der Waals surface area contributed by atoms with Crippen molar-refractivity contribution in [2.45, 2.75) is 31.7 Å². The molecule has 0 bridgehead atoms. The van der Waals surface area contributed by atoms with Gasteiger partial charge in [0.15, 0.2) is 0 Å². The van der Waals surface area contributed by atoms with Gasteiger partial charge >= 0.3 is 0 Å². The average Bonchev–Trinajstić information content (AvgIpc) is 3.02. The maximum atomic E-state index is 10.8. The summed E-state index contributed by atoms with van der Waals surface area (Å²) in [5, 5.41) is 14.4. The van der Waals surface area contributed by atoms with Crippen LogP contribution in [0.15, 0.2) is 18.3 Å². The Balaban J connectivity index is 1.62. The summed E-state index contributed by atoms with van der Waals surface area (Å²) in [4.78, 5) is 16.9. The molecule has 1 aromatic rings. The fourth-order valence-corrected chi connectivity index (χ4v) is 3.34. The second-order valence-electron chi connectivity index (χ2n) is 5.66. The normalized spacial score (nSPS) is 24.0. The molecule has 2 fully saturated rings. The largest absolute Gasteiger partial charge is 0.356 e. The molecule has 108 valence electrons. The Morgan fingerprint density at radius 2 is 2.15 bits per heavy atom. The van der Waals surface area contributed by atoms with Crippen LogP contribution in [-0.2, 0) is 0 Å². The number of piperidine rings is 1. The molecule has 2 aliphatic rings. The predicted octanol–water partition coefficient (Wildman–Crippen LogP) is 1.96. The van der Waals surface area contributed by atoms with Crippen LogP contribution in [0.3, 0.4) is 0 Å². The van der Waals surface area contributed by atoms with Gasteiger partial charge in [-0.05, 0) is 38.1 Å². The number of aromatic nitrogens is 1. The summed E-state index contributed by atoms with van der Waals surface area (Å²) in [6.07, 6.45) is 6.39. The zero-order valence-corrected chi connectivity index (χ0v) is 11.5. The zero-order valence-electron chi connectivity index (χ0n) is 11.5. The highest BCUT2D eigenvalue weighted by Gasteiger charge is 2.28. The second-order valence-corrected chi connectivity index (χ2v) is 5.66. The van der Waals surface area contributed by atoms with Crippen LogP contribution in [0.25, 0.3) is 0 Å². The summed E-state index contributed by atoms with van der Waals surface area (Å²) >= 11 is 0. The van der Waals surface area contributed by atoms with Gasteiger partial charge in [0.1, 0.15) is 5.82 Å². The molecule has 2 saturated heterocycles. The number of nitrogens with zero attached hydrogens (tertiary/aromatic N) is 3. The van der Waals surface area contributed by atoms with E-state index in [0.29, 0.717) is 6.04 Å². The molecule has 20 heavy (non-hydrogen) atoms. The summed E-state index contributed by atoms with van der Waals surface area (Å²) in [7, 11) is 0. The highest BCUT2D eigenvalue weighted by molar-refractivity contribution is 5.46. The van der Waals surface area contributed by atoms with Gasteiger partial charge in [0, 0.05) is 31.4 Å². The molecule has 1 aromatic heterocycles. The van der Waals surface area contributed by atoms with Crippen molar-refractivity contribution in [2.75, 3.05) is 24.5 Å². The number of anilines is 1. The van der Waals surface area contributed by atoms with E-state index in [-0.39, 0.29) is 10.6 Å². The predicted molar refractivity (Wildman–Crippen MR) is 76.9 cm³/mol. The third-order valence-corrected chi connectivity index (χ3v) is 4.47. The summed E-state index contributed by atoms with van der Waals surface area (Å²) < 4.78 is 0. The molecule has 1 N–H and O–H groups in total. The van der Waals surface area contributed by atoms with E-state index in [2.05, 4.69) is 15.2 Å². The Labute approximate surface area is 118 Å². The molecule has 0 saturated carbocycles. The lowest BCUT2D eigenvalue weighted by Crippen LogP contribution is -2.41. The van der Waals surface area contributed by atoms with Crippen LogP contribution in [0.2, 0.25) is 0 Å². The van der Waals surface area contributed by atoms with Crippen molar-refractivity contribution >= 4 is 11.5 Å². The molecule has 3 rings (SSSR count). The van der Waals surface area contributed by atoms with Gasteiger partial charge in [-0.25, -0.2) is 4.98 Å². The molecule has 0 aliphatic carbocycles. The molecule has 3 heterocycles. The third-order valence-electron chi connectivity index (χ3n) is 4.47. The van der Waals surface area contributed by atoms with E-state index in [4.69, 9.17) is 0 Å². The van der Waals surface area contributed by atoms with E-state index >= 15 is 0 Å². The summed E-state index contributed by atoms with van der Waals surface area (Å²) in [5.41, 5.74) is 0.120. The van der Waals surface area contributed by atoms with Gasteiger partial charge in [-0.2, -0.15) is 0 Å². The zero-order chi connectivity index (χ0) is 13.9.